The van der Waals surface area contributed by atoms with Crippen molar-refractivity contribution >= 4 is 0 Å². The van der Waals surface area contributed by atoms with Gasteiger partial charge in [-0.05, 0) is 43.9 Å². The Balaban J connectivity index is 1.82. The topological polar surface area (TPSA) is 68.4 Å². The van der Waals surface area contributed by atoms with Crippen LogP contribution in [0, 0.1) is 0 Å². The molecular weight excluding hydrogens is 268 g/mol. The summed E-state index contributed by atoms with van der Waals surface area (Å²) in [6.45, 7) is 4.18. The van der Waals surface area contributed by atoms with Gasteiger partial charge in [0, 0.05) is 6.42 Å². The van der Waals surface area contributed by atoms with Crippen LogP contribution in [0.1, 0.15) is 44.0 Å². The summed E-state index contributed by atoms with van der Waals surface area (Å²) in [6, 6.07) is 7.86. The normalized spacial score (nSPS) is 12.3. The summed E-state index contributed by atoms with van der Waals surface area (Å²) in [7, 11) is 0. The highest BCUT2D eigenvalue weighted by Gasteiger charge is 2.06. The standard InChI is InChI=1S/C16H22N2O3/c1-3-4-16-17-15(18-21-16)11-20-14-9-7-13(8-10-14)6-5-12(2)19/h7-10,12,19H,3-6,11H2,1-2H3. The molecule has 0 amide bonds. The van der Waals surface area contributed by atoms with E-state index in [0.29, 0.717) is 18.3 Å². The van der Waals surface area contributed by atoms with E-state index in [2.05, 4.69) is 17.1 Å². The van der Waals surface area contributed by atoms with Crippen molar-refractivity contribution in [3.8, 4) is 5.75 Å². The van der Waals surface area contributed by atoms with Crippen molar-refractivity contribution in [3.63, 3.8) is 0 Å². The van der Waals surface area contributed by atoms with E-state index in [1.807, 2.05) is 24.3 Å². The number of hydrogen-bond donors (Lipinski definition) is 1. The number of aromatic nitrogens is 2. The lowest BCUT2D eigenvalue weighted by molar-refractivity contribution is 0.185. The molecule has 1 aromatic heterocycles. The van der Waals surface area contributed by atoms with Gasteiger partial charge in [0.25, 0.3) is 0 Å². The second kappa shape index (κ2) is 7.78. The zero-order chi connectivity index (χ0) is 15.1. The van der Waals surface area contributed by atoms with Gasteiger partial charge in [0.05, 0.1) is 6.10 Å². The fourth-order valence-electron chi connectivity index (χ4n) is 1.94. The molecule has 1 heterocycles. The third-order valence-corrected chi connectivity index (χ3v) is 3.12. The van der Waals surface area contributed by atoms with Crippen LogP contribution in [0.5, 0.6) is 5.75 Å². The number of aliphatic hydroxyl groups is 1. The molecule has 5 nitrogen and oxygen atoms in total. The summed E-state index contributed by atoms with van der Waals surface area (Å²) in [5, 5.41) is 13.1. The SMILES string of the molecule is CCCc1nc(COc2ccc(CCC(C)O)cc2)no1. The van der Waals surface area contributed by atoms with Crippen molar-refractivity contribution in [3.05, 3.63) is 41.5 Å². The Morgan fingerprint density at radius 1 is 1.24 bits per heavy atom. The van der Waals surface area contributed by atoms with Crippen molar-refractivity contribution in [2.45, 2.75) is 52.2 Å². The van der Waals surface area contributed by atoms with Crippen molar-refractivity contribution in [2.24, 2.45) is 0 Å². The van der Waals surface area contributed by atoms with Gasteiger partial charge in [-0.1, -0.05) is 24.2 Å². The Labute approximate surface area is 125 Å². The molecule has 0 saturated carbocycles. The lowest BCUT2D eigenvalue weighted by atomic mass is 10.1. The van der Waals surface area contributed by atoms with Gasteiger partial charge in [0.15, 0.2) is 6.61 Å². The van der Waals surface area contributed by atoms with Gasteiger partial charge in [-0.3, -0.25) is 0 Å². The maximum absolute atomic E-state index is 9.27. The van der Waals surface area contributed by atoms with E-state index < -0.39 is 0 Å². The van der Waals surface area contributed by atoms with Crippen LogP contribution in [0.15, 0.2) is 28.8 Å². The molecule has 2 aromatic rings. The van der Waals surface area contributed by atoms with E-state index in [1.54, 1.807) is 6.92 Å². The molecule has 2 rings (SSSR count). The van der Waals surface area contributed by atoms with Gasteiger partial charge >= 0.3 is 0 Å². The summed E-state index contributed by atoms with van der Waals surface area (Å²) < 4.78 is 10.7. The Morgan fingerprint density at radius 3 is 2.67 bits per heavy atom. The number of aliphatic hydroxyl groups excluding tert-OH is 1. The average Bonchev–Trinajstić information content (AvgIpc) is 2.92. The quantitative estimate of drug-likeness (QED) is 0.809. The minimum Gasteiger partial charge on any atom is -0.485 e. The van der Waals surface area contributed by atoms with E-state index in [4.69, 9.17) is 9.26 Å². The molecule has 0 aliphatic rings. The molecule has 1 aromatic carbocycles. The Kier molecular flexibility index (Phi) is 5.75. The largest absolute Gasteiger partial charge is 0.485 e. The van der Waals surface area contributed by atoms with E-state index in [9.17, 15) is 5.11 Å². The average molecular weight is 290 g/mol. The first-order valence-corrected chi connectivity index (χ1v) is 7.38. The second-order valence-corrected chi connectivity index (χ2v) is 5.17. The maximum Gasteiger partial charge on any atom is 0.226 e. The van der Waals surface area contributed by atoms with Gasteiger partial charge in [0.1, 0.15) is 5.75 Å². The van der Waals surface area contributed by atoms with Crippen molar-refractivity contribution in [2.75, 3.05) is 0 Å². The fourth-order valence-corrected chi connectivity index (χ4v) is 1.94. The van der Waals surface area contributed by atoms with Gasteiger partial charge < -0.3 is 14.4 Å². The lowest BCUT2D eigenvalue weighted by Gasteiger charge is -2.06. The number of benzene rings is 1. The van der Waals surface area contributed by atoms with E-state index in [-0.39, 0.29) is 6.10 Å². The van der Waals surface area contributed by atoms with Gasteiger partial charge in [-0.25, -0.2) is 0 Å². The smallest absolute Gasteiger partial charge is 0.226 e. The minimum atomic E-state index is -0.267. The number of rotatable bonds is 8. The molecule has 0 aliphatic carbocycles. The zero-order valence-corrected chi connectivity index (χ0v) is 12.6. The Morgan fingerprint density at radius 2 is 2.00 bits per heavy atom. The first-order chi connectivity index (χ1) is 10.2. The summed E-state index contributed by atoms with van der Waals surface area (Å²) >= 11 is 0. The van der Waals surface area contributed by atoms with Crippen LogP contribution in [-0.4, -0.2) is 21.4 Å². The first-order valence-electron chi connectivity index (χ1n) is 7.38. The van der Waals surface area contributed by atoms with E-state index in [1.165, 1.54) is 5.56 Å². The van der Waals surface area contributed by atoms with Crippen LogP contribution < -0.4 is 4.74 Å². The highest BCUT2D eigenvalue weighted by atomic mass is 16.5. The lowest BCUT2D eigenvalue weighted by Crippen LogP contribution is -2.01. The van der Waals surface area contributed by atoms with E-state index >= 15 is 0 Å². The minimum absolute atomic E-state index is 0.267. The Hall–Kier alpha value is -1.88. The maximum atomic E-state index is 9.27. The molecule has 0 spiro atoms. The molecule has 5 heteroatoms. The number of hydrogen-bond acceptors (Lipinski definition) is 5. The number of ether oxygens (including phenoxy) is 1. The monoisotopic (exact) mass is 290 g/mol. The molecule has 0 bridgehead atoms. The Bertz CT molecular complexity index is 535. The molecule has 1 N–H and O–H groups in total. The van der Waals surface area contributed by atoms with Crippen LogP contribution in [0.4, 0.5) is 0 Å². The van der Waals surface area contributed by atoms with Gasteiger partial charge in [-0.2, -0.15) is 4.98 Å². The molecule has 1 atom stereocenters. The molecule has 0 aliphatic heterocycles. The zero-order valence-electron chi connectivity index (χ0n) is 12.6. The third kappa shape index (κ3) is 5.19. The fraction of sp³-hybridized carbons (Fsp3) is 0.500. The summed E-state index contributed by atoms with van der Waals surface area (Å²) in [5.74, 6) is 2.00. The summed E-state index contributed by atoms with van der Waals surface area (Å²) in [5.41, 5.74) is 1.19. The molecular formula is C16H22N2O3. The van der Waals surface area contributed by atoms with Crippen LogP contribution in [0.3, 0.4) is 0 Å². The first kappa shape index (κ1) is 15.5. The van der Waals surface area contributed by atoms with Crippen molar-refractivity contribution in [1.82, 2.24) is 10.1 Å². The molecule has 0 fully saturated rings. The van der Waals surface area contributed by atoms with Crippen molar-refractivity contribution < 1.29 is 14.4 Å². The predicted octanol–water partition coefficient (Wildman–Crippen LogP) is 2.91. The van der Waals surface area contributed by atoms with Gasteiger partial charge in [-0.15, -0.1) is 0 Å². The molecule has 0 saturated heterocycles. The van der Waals surface area contributed by atoms with E-state index in [0.717, 1.165) is 31.4 Å². The summed E-state index contributed by atoms with van der Waals surface area (Å²) in [4.78, 5) is 4.25. The van der Waals surface area contributed by atoms with Crippen LogP contribution in [0.2, 0.25) is 0 Å². The molecule has 21 heavy (non-hydrogen) atoms. The third-order valence-electron chi connectivity index (χ3n) is 3.12. The number of nitrogens with zero attached hydrogens (tertiary/aromatic N) is 2. The predicted molar refractivity (Wildman–Crippen MR) is 79.1 cm³/mol. The highest BCUT2D eigenvalue weighted by Crippen LogP contribution is 2.15. The summed E-state index contributed by atoms with van der Waals surface area (Å²) in [6.07, 6.45) is 3.14. The van der Waals surface area contributed by atoms with Crippen LogP contribution in [0.25, 0.3) is 0 Å². The van der Waals surface area contributed by atoms with Gasteiger partial charge in [0.2, 0.25) is 11.7 Å². The molecule has 1 unspecified atom stereocenters. The second-order valence-electron chi connectivity index (χ2n) is 5.17. The number of aryl methyl sites for hydroxylation is 2. The highest BCUT2D eigenvalue weighted by molar-refractivity contribution is 5.27. The van der Waals surface area contributed by atoms with Crippen molar-refractivity contribution in [1.29, 1.82) is 0 Å². The van der Waals surface area contributed by atoms with Crippen LogP contribution in [-0.2, 0) is 19.4 Å². The molecule has 0 radical (unpaired) electrons. The van der Waals surface area contributed by atoms with Crippen LogP contribution >= 0.6 is 0 Å². The molecule has 114 valence electrons.